The van der Waals surface area contributed by atoms with Crippen molar-refractivity contribution in [3.63, 3.8) is 0 Å². The first-order chi connectivity index (χ1) is 8.77. The van der Waals surface area contributed by atoms with Crippen LogP contribution in [0.2, 0.25) is 0 Å². The van der Waals surface area contributed by atoms with Gasteiger partial charge in [0.05, 0.1) is 0 Å². The molecule has 0 aromatic heterocycles. The minimum absolute atomic E-state index is 0.533. The summed E-state index contributed by atoms with van der Waals surface area (Å²) in [6, 6.07) is 7.81. The molecule has 1 aliphatic rings. The third-order valence-corrected chi connectivity index (χ3v) is 2.11. The summed E-state index contributed by atoms with van der Waals surface area (Å²) in [5.74, 6) is 0. The van der Waals surface area contributed by atoms with Crippen LogP contribution in [0.1, 0.15) is 52.7 Å². The van der Waals surface area contributed by atoms with E-state index in [1.165, 1.54) is 4.90 Å². The molecule has 3 nitrogen and oxygen atoms in total. The quantitative estimate of drug-likeness (QED) is 0.724. The first kappa shape index (κ1) is 18.8. The van der Waals surface area contributed by atoms with E-state index in [9.17, 15) is 4.79 Å². The molecular formula is C15H27NO2. The zero-order valence-corrected chi connectivity index (χ0v) is 12.5. The topological polar surface area (TPSA) is 40.5 Å². The van der Waals surface area contributed by atoms with Gasteiger partial charge in [-0.05, 0) is 11.1 Å². The van der Waals surface area contributed by atoms with Crippen LogP contribution in [0.3, 0.4) is 0 Å². The molecule has 0 fully saturated rings. The molecule has 0 radical (unpaired) electrons. The predicted octanol–water partition coefficient (Wildman–Crippen LogP) is 4.76. The summed E-state index contributed by atoms with van der Waals surface area (Å²) < 4.78 is 0. The largest absolute Gasteiger partial charge is 0.465 e. The van der Waals surface area contributed by atoms with Crippen LogP contribution in [0.15, 0.2) is 24.3 Å². The zero-order valence-electron chi connectivity index (χ0n) is 12.5. The van der Waals surface area contributed by atoms with Crippen molar-refractivity contribution in [1.82, 2.24) is 4.90 Å². The first-order valence-electron chi connectivity index (χ1n) is 6.82. The van der Waals surface area contributed by atoms with Gasteiger partial charge in [-0.15, -0.1) is 0 Å². The lowest BCUT2D eigenvalue weighted by atomic mass is 10.1. The molecule has 1 aromatic rings. The molecule has 18 heavy (non-hydrogen) atoms. The lowest BCUT2D eigenvalue weighted by Crippen LogP contribution is -2.22. The fourth-order valence-corrected chi connectivity index (χ4v) is 1.47. The van der Waals surface area contributed by atoms with Crippen molar-refractivity contribution >= 4 is 6.09 Å². The average molecular weight is 253 g/mol. The van der Waals surface area contributed by atoms with Crippen molar-refractivity contribution in [3.8, 4) is 0 Å². The molecule has 0 saturated heterocycles. The Morgan fingerprint density at radius 2 is 1.28 bits per heavy atom. The van der Waals surface area contributed by atoms with E-state index in [-0.39, 0.29) is 0 Å². The second-order valence-corrected chi connectivity index (χ2v) is 2.91. The molecule has 3 heteroatoms. The van der Waals surface area contributed by atoms with Crippen molar-refractivity contribution < 1.29 is 9.90 Å². The highest BCUT2D eigenvalue weighted by atomic mass is 16.4. The smallest absolute Gasteiger partial charge is 0.407 e. The molecule has 1 aliphatic heterocycles. The number of benzene rings is 1. The third kappa shape index (κ3) is 5.71. The normalized spacial score (nSPS) is 10.7. The Labute approximate surface area is 111 Å². The van der Waals surface area contributed by atoms with E-state index in [2.05, 4.69) is 0 Å². The van der Waals surface area contributed by atoms with Crippen molar-refractivity contribution in [1.29, 1.82) is 0 Å². The van der Waals surface area contributed by atoms with Gasteiger partial charge in [-0.1, -0.05) is 65.8 Å². The molecule has 0 spiro atoms. The number of carbonyl (C=O) groups is 1. The summed E-state index contributed by atoms with van der Waals surface area (Å²) in [6.07, 6.45) is -0.841. The van der Waals surface area contributed by atoms with E-state index in [0.717, 1.165) is 11.1 Å². The van der Waals surface area contributed by atoms with Crippen LogP contribution >= 0.6 is 0 Å². The summed E-state index contributed by atoms with van der Waals surface area (Å²) in [5.41, 5.74) is 2.25. The van der Waals surface area contributed by atoms with Crippen LogP contribution in [-0.2, 0) is 13.1 Å². The molecule has 0 bridgehead atoms. The van der Waals surface area contributed by atoms with Crippen LogP contribution in [0.4, 0.5) is 4.79 Å². The van der Waals surface area contributed by atoms with E-state index >= 15 is 0 Å². The number of carboxylic acid groups (broad SMARTS) is 1. The molecule has 1 N–H and O–H groups in total. The first-order valence-corrected chi connectivity index (χ1v) is 6.82. The second-order valence-electron chi connectivity index (χ2n) is 2.91. The SMILES string of the molecule is CC.CC.CC.O=C(O)N1Cc2ccccc2C1. The molecule has 2 rings (SSSR count). The van der Waals surface area contributed by atoms with Crippen molar-refractivity contribution in [2.75, 3.05) is 0 Å². The highest BCUT2D eigenvalue weighted by Gasteiger charge is 2.21. The van der Waals surface area contributed by atoms with Gasteiger partial charge in [0.15, 0.2) is 0 Å². The maximum atomic E-state index is 10.6. The summed E-state index contributed by atoms with van der Waals surface area (Å²) >= 11 is 0. The maximum Gasteiger partial charge on any atom is 0.407 e. The summed E-state index contributed by atoms with van der Waals surface area (Å²) in [7, 11) is 0. The number of hydrogen-bond donors (Lipinski definition) is 1. The van der Waals surface area contributed by atoms with Gasteiger partial charge >= 0.3 is 6.09 Å². The lowest BCUT2D eigenvalue weighted by molar-refractivity contribution is 0.145. The Morgan fingerprint density at radius 1 is 0.944 bits per heavy atom. The fraction of sp³-hybridized carbons (Fsp3) is 0.533. The van der Waals surface area contributed by atoms with Crippen molar-refractivity contribution in [2.24, 2.45) is 0 Å². The third-order valence-electron chi connectivity index (χ3n) is 2.11. The van der Waals surface area contributed by atoms with Crippen LogP contribution in [0, 0.1) is 0 Å². The summed E-state index contributed by atoms with van der Waals surface area (Å²) in [6.45, 7) is 13.1. The molecular weight excluding hydrogens is 226 g/mol. The van der Waals surface area contributed by atoms with Crippen LogP contribution in [0.25, 0.3) is 0 Å². The van der Waals surface area contributed by atoms with Crippen LogP contribution < -0.4 is 0 Å². The molecule has 1 amide bonds. The van der Waals surface area contributed by atoms with Gasteiger partial charge in [-0.25, -0.2) is 4.79 Å². The number of amides is 1. The highest BCUT2D eigenvalue weighted by Crippen LogP contribution is 2.21. The number of hydrogen-bond acceptors (Lipinski definition) is 1. The Hall–Kier alpha value is -1.51. The Balaban J connectivity index is 0. The van der Waals surface area contributed by atoms with Gasteiger partial charge in [0.25, 0.3) is 0 Å². The summed E-state index contributed by atoms with van der Waals surface area (Å²) in [5, 5.41) is 8.71. The van der Waals surface area contributed by atoms with Gasteiger partial charge in [0.2, 0.25) is 0 Å². The summed E-state index contributed by atoms with van der Waals surface area (Å²) in [4.78, 5) is 12.0. The van der Waals surface area contributed by atoms with Crippen LogP contribution in [-0.4, -0.2) is 16.1 Å². The van der Waals surface area contributed by atoms with E-state index in [1.54, 1.807) is 0 Å². The molecule has 104 valence electrons. The molecule has 0 unspecified atom stereocenters. The van der Waals surface area contributed by atoms with Gasteiger partial charge in [0.1, 0.15) is 0 Å². The van der Waals surface area contributed by atoms with Gasteiger partial charge in [-0.3, -0.25) is 4.90 Å². The number of fused-ring (bicyclic) bond motifs is 1. The predicted molar refractivity (Wildman–Crippen MR) is 77.8 cm³/mol. The van der Waals surface area contributed by atoms with Gasteiger partial charge in [0, 0.05) is 13.1 Å². The van der Waals surface area contributed by atoms with Gasteiger partial charge in [-0.2, -0.15) is 0 Å². The van der Waals surface area contributed by atoms with Crippen molar-refractivity contribution in [3.05, 3.63) is 35.4 Å². The van der Waals surface area contributed by atoms with E-state index < -0.39 is 6.09 Å². The van der Waals surface area contributed by atoms with Crippen LogP contribution in [0.5, 0.6) is 0 Å². The minimum atomic E-state index is -0.841. The lowest BCUT2D eigenvalue weighted by Gasteiger charge is -2.08. The monoisotopic (exact) mass is 253 g/mol. The van der Waals surface area contributed by atoms with Gasteiger partial charge < -0.3 is 5.11 Å². The Morgan fingerprint density at radius 3 is 1.56 bits per heavy atom. The molecule has 0 saturated carbocycles. The standard InChI is InChI=1S/C9H9NO2.3C2H6/c11-9(12)10-5-7-3-1-2-4-8(7)6-10;3*1-2/h1-4H,5-6H2,(H,11,12);3*1-2H3. The fourth-order valence-electron chi connectivity index (χ4n) is 1.47. The molecule has 0 aliphatic carbocycles. The number of nitrogens with zero attached hydrogens (tertiary/aromatic N) is 1. The molecule has 0 atom stereocenters. The zero-order chi connectivity index (χ0) is 14.6. The van der Waals surface area contributed by atoms with E-state index in [4.69, 9.17) is 5.11 Å². The van der Waals surface area contributed by atoms with Crippen molar-refractivity contribution in [2.45, 2.75) is 54.6 Å². The molecule has 1 aromatic carbocycles. The van der Waals surface area contributed by atoms with E-state index in [1.807, 2.05) is 65.8 Å². The maximum absolute atomic E-state index is 10.6. The minimum Gasteiger partial charge on any atom is -0.465 e. The average Bonchev–Trinajstić information content (AvgIpc) is 2.90. The number of rotatable bonds is 0. The Kier molecular flexibility index (Phi) is 12.5. The molecule has 1 heterocycles. The second kappa shape index (κ2) is 12.0. The Bertz CT molecular complexity index is 299. The van der Waals surface area contributed by atoms with E-state index in [0.29, 0.717) is 13.1 Å². The highest BCUT2D eigenvalue weighted by molar-refractivity contribution is 5.66.